The molecule has 0 aromatic carbocycles. The van der Waals surface area contributed by atoms with Gasteiger partial charge in [0.1, 0.15) is 0 Å². The van der Waals surface area contributed by atoms with E-state index in [1.807, 2.05) is 0 Å². The normalized spacial score (nSPS) is 22.5. The summed E-state index contributed by atoms with van der Waals surface area (Å²) < 4.78 is 0. The first-order chi connectivity index (χ1) is 7.67. The Kier molecular flexibility index (Phi) is 6.32. The average Bonchev–Trinajstić information content (AvgIpc) is 2.68. The molecule has 1 fully saturated rings. The summed E-state index contributed by atoms with van der Waals surface area (Å²) in [7, 11) is 0. The third kappa shape index (κ3) is 4.40. The Bertz CT molecular complexity index is 178. The first-order valence-corrected chi connectivity index (χ1v) is 6.87. The van der Waals surface area contributed by atoms with E-state index in [0.29, 0.717) is 6.04 Å². The van der Waals surface area contributed by atoms with Gasteiger partial charge in [-0.2, -0.15) is 0 Å². The van der Waals surface area contributed by atoms with Crippen molar-refractivity contribution in [3.05, 3.63) is 0 Å². The van der Waals surface area contributed by atoms with Gasteiger partial charge in [-0.25, -0.2) is 0 Å². The molecule has 0 amide bonds. The van der Waals surface area contributed by atoms with E-state index in [-0.39, 0.29) is 0 Å². The number of likely N-dealkylation sites (tertiary alicyclic amines) is 1. The Hall–Kier alpha value is -0.120. The van der Waals surface area contributed by atoms with Gasteiger partial charge >= 0.3 is 0 Å². The second kappa shape index (κ2) is 7.25. The summed E-state index contributed by atoms with van der Waals surface area (Å²) in [6.07, 6.45) is 1.35. The van der Waals surface area contributed by atoms with Crippen molar-refractivity contribution >= 4 is 0 Å². The van der Waals surface area contributed by atoms with Crippen molar-refractivity contribution in [1.82, 2.24) is 15.1 Å². The summed E-state index contributed by atoms with van der Waals surface area (Å²) in [4.78, 5) is 5.19. The number of likely N-dealkylation sites (N-methyl/N-ethyl adjacent to an activating group) is 1. The zero-order chi connectivity index (χ0) is 12.0. The molecule has 0 bridgehead atoms. The van der Waals surface area contributed by atoms with Crippen LogP contribution in [-0.2, 0) is 0 Å². The molecule has 1 unspecified atom stereocenters. The van der Waals surface area contributed by atoms with Gasteiger partial charge < -0.3 is 10.2 Å². The molecule has 1 aliphatic rings. The van der Waals surface area contributed by atoms with Crippen LogP contribution in [0.1, 0.15) is 34.1 Å². The topological polar surface area (TPSA) is 18.5 Å². The lowest BCUT2D eigenvalue weighted by molar-refractivity contribution is 0.210. The second-order valence-electron chi connectivity index (χ2n) is 5.07. The molecule has 0 aliphatic carbocycles. The maximum Gasteiger partial charge on any atom is 0.0235 e. The highest BCUT2D eigenvalue weighted by molar-refractivity contribution is 4.82. The van der Waals surface area contributed by atoms with E-state index in [4.69, 9.17) is 0 Å². The van der Waals surface area contributed by atoms with Gasteiger partial charge in [-0.15, -0.1) is 0 Å². The number of hydrogen-bond acceptors (Lipinski definition) is 3. The van der Waals surface area contributed by atoms with E-state index in [0.717, 1.165) is 12.6 Å². The maximum atomic E-state index is 3.49. The molecule has 1 aliphatic heterocycles. The fraction of sp³-hybridized carbons (Fsp3) is 1.00. The van der Waals surface area contributed by atoms with Crippen LogP contribution in [0.3, 0.4) is 0 Å². The van der Waals surface area contributed by atoms with Crippen LogP contribution in [0.2, 0.25) is 0 Å². The van der Waals surface area contributed by atoms with Gasteiger partial charge in [-0.05, 0) is 26.1 Å². The smallest absolute Gasteiger partial charge is 0.0235 e. The maximum absolute atomic E-state index is 3.49. The average molecular weight is 227 g/mol. The van der Waals surface area contributed by atoms with Crippen LogP contribution in [0.4, 0.5) is 0 Å². The SMILES string of the molecule is CCN(CC)C1CCN(CCNC(C)C)C1. The molecule has 0 aromatic rings. The molecule has 1 saturated heterocycles. The Morgan fingerprint density at radius 1 is 1.31 bits per heavy atom. The van der Waals surface area contributed by atoms with Crippen LogP contribution in [-0.4, -0.2) is 61.2 Å². The molecule has 0 spiro atoms. The lowest BCUT2D eigenvalue weighted by Crippen LogP contribution is -2.39. The highest BCUT2D eigenvalue weighted by atomic mass is 15.3. The minimum Gasteiger partial charge on any atom is -0.313 e. The fourth-order valence-corrected chi connectivity index (χ4v) is 2.56. The zero-order valence-electron chi connectivity index (χ0n) is 11.5. The summed E-state index contributed by atoms with van der Waals surface area (Å²) in [5.41, 5.74) is 0. The number of nitrogens with one attached hydrogen (secondary N) is 1. The van der Waals surface area contributed by atoms with Crippen LogP contribution < -0.4 is 5.32 Å². The molecule has 3 heteroatoms. The quantitative estimate of drug-likeness (QED) is 0.709. The van der Waals surface area contributed by atoms with Crippen LogP contribution in [0.5, 0.6) is 0 Å². The third-order valence-corrected chi connectivity index (χ3v) is 3.56. The van der Waals surface area contributed by atoms with Crippen LogP contribution in [0, 0.1) is 0 Å². The molecule has 0 radical (unpaired) electrons. The molecule has 3 nitrogen and oxygen atoms in total. The summed E-state index contributed by atoms with van der Waals surface area (Å²) in [6.45, 7) is 16.2. The van der Waals surface area contributed by atoms with Crippen molar-refractivity contribution in [3.8, 4) is 0 Å². The van der Waals surface area contributed by atoms with Crippen molar-refractivity contribution in [2.45, 2.75) is 46.2 Å². The minimum absolute atomic E-state index is 0.612. The molecule has 1 N–H and O–H groups in total. The van der Waals surface area contributed by atoms with E-state index in [1.54, 1.807) is 0 Å². The first kappa shape index (κ1) is 13.9. The number of nitrogens with zero attached hydrogens (tertiary/aromatic N) is 2. The van der Waals surface area contributed by atoms with Crippen molar-refractivity contribution in [2.75, 3.05) is 39.3 Å². The lowest BCUT2D eigenvalue weighted by atomic mass is 10.2. The third-order valence-electron chi connectivity index (χ3n) is 3.56. The van der Waals surface area contributed by atoms with Gasteiger partial charge in [0.15, 0.2) is 0 Å². The van der Waals surface area contributed by atoms with Crippen molar-refractivity contribution in [2.24, 2.45) is 0 Å². The van der Waals surface area contributed by atoms with E-state index in [2.05, 4.69) is 42.8 Å². The van der Waals surface area contributed by atoms with Gasteiger partial charge in [-0.3, -0.25) is 4.90 Å². The van der Waals surface area contributed by atoms with E-state index < -0.39 is 0 Å². The zero-order valence-corrected chi connectivity index (χ0v) is 11.5. The van der Waals surface area contributed by atoms with Gasteiger partial charge in [-0.1, -0.05) is 27.7 Å². The molecule has 1 atom stereocenters. The fourth-order valence-electron chi connectivity index (χ4n) is 2.56. The van der Waals surface area contributed by atoms with Gasteiger partial charge in [0.05, 0.1) is 0 Å². The first-order valence-electron chi connectivity index (χ1n) is 6.87. The Morgan fingerprint density at radius 3 is 2.56 bits per heavy atom. The molecular formula is C13H29N3. The summed E-state index contributed by atoms with van der Waals surface area (Å²) in [6, 6.07) is 1.41. The molecule has 16 heavy (non-hydrogen) atoms. The van der Waals surface area contributed by atoms with Crippen LogP contribution in [0.25, 0.3) is 0 Å². The molecular weight excluding hydrogens is 198 g/mol. The molecule has 1 heterocycles. The lowest BCUT2D eigenvalue weighted by Gasteiger charge is -2.26. The summed E-state index contributed by atoms with van der Waals surface area (Å²) in [5, 5.41) is 3.49. The molecule has 1 rings (SSSR count). The Balaban J connectivity index is 2.19. The molecule has 0 aromatic heterocycles. The predicted octanol–water partition coefficient (Wildman–Crippen LogP) is 1.40. The van der Waals surface area contributed by atoms with E-state index in [9.17, 15) is 0 Å². The Labute approximate surface area is 101 Å². The largest absolute Gasteiger partial charge is 0.313 e. The Morgan fingerprint density at radius 2 is 2.00 bits per heavy atom. The molecule has 96 valence electrons. The summed E-state index contributed by atoms with van der Waals surface area (Å²) in [5.74, 6) is 0. The van der Waals surface area contributed by atoms with Crippen molar-refractivity contribution < 1.29 is 0 Å². The van der Waals surface area contributed by atoms with Crippen molar-refractivity contribution in [3.63, 3.8) is 0 Å². The molecule has 0 saturated carbocycles. The second-order valence-corrected chi connectivity index (χ2v) is 5.07. The van der Waals surface area contributed by atoms with Gasteiger partial charge in [0.2, 0.25) is 0 Å². The number of hydrogen-bond donors (Lipinski definition) is 1. The van der Waals surface area contributed by atoms with E-state index >= 15 is 0 Å². The predicted molar refractivity (Wildman–Crippen MR) is 70.9 cm³/mol. The minimum atomic E-state index is 0.612. The standard InChI is InChI=1S/C13H29N3/c1-5-16(6-2)13-7-9-15(11-13)10-8-14-12(3)4/h12-14H,5-11H2,1-4H3. The van der Waals surface area contributed by atoms with Crippen LogP contribution >= 0.6 is 0 Å². The van der Waals surface area contributed by atoms with Gasteiger partial charge in [0, 0.05) is 31.7 Å². The monoisotopic (exact) mass is 227 g/mol. The highest BCUT2D eigenvalue weighted by Crippen LogP contribution is 2.14. The van der Waals surface area contributed by atoms with E-state index in [1.165, 1.54) is 39.1 Å². The van der Waals surface area contributed by atoms with Crippen LogP contribution in [0.15, 0.2) is 0 Å². The van der Waals surface area contributed by atoms with Crippen molar-refractivity contribution in [1.29, 1.82) is 0 Å². The number of rotatable bonds is 7. The highest BCUT2D eigenvalue weighted by Gasteiger charge is 2.25. The summed E-state index contributed by atoms with van der Waals surface area (Å²) >= 11 is 0. The van der Waals surface area contributed by atoms with Gasteiger partial charge in [0.25, 0.3) is 0 Å².